The van der Waals surface area contributed by atoms with E-state index in [4.69, 9.17) is 9.47 Å². The number of ether oxygens (including phenoxy) is 2. The van der Waals surface area contributed by atoms with E-state index in [1.54, 1.807) is 30.3 Å². The van der Waals surface area contributed by atoms with Crippen molar-refractivity contribution in [2.24, 2.45) is 0 Å². The molecule has 0 spiro atoms. The van der Waals surface area contributed by atoms with Crippen LogP contribution in [0.2, 0.25) is 0 Å². The van der Waals surface area contributed by atoms with Crippen LogP contribution in [0.3, 0.4) is 0 Å². The van der Waals surface area contributed by atoms with Crippen LogP contribution in [-0.2, 0) is 21.3 Å². The van der Waals surface area contributed by atoms with E-state index in [-0.39, 0.29) is 28.5 Å². The Labute approximate surface area is 187 Å². The molecule has 3 aromatic carbocycles. The van der Waals surface area contributed by atoms with Gasteiger partial charge in [0.1, 0.15) is 10.6 Å². The molecule has 0 fully saturated rings. The lowest BCUT2D eigenvalue weighted by Gasteiger charge is -2.19. The number of esters is 1. The van der Waals surface area contributed by atoms with Gasteiger partial charge in [0.15, 0.2) is 12.4 Å². The van der Waals surface area contributed by atoms with Crippen molar-refractivity contribution in [3.63, 3.8) is 0 Å². The fourth-order valence-corrected chi connectivity index (χ4v) is 4.36. The molecule has 7 nitrogen and oxygen atoms in total. The Balaban J connectivity index is 1.79. The van der Waals surface area contributed by atoms with Gasteiger partial charge in [-0.05, 0) is 23.8 Å². The lowest BCUT2D eigenvalue weighted by Crippen LogP contribution is -2.27. The summed E-state index contributed by atoms with van der Waals surface area (Å²) in [6.45, 7) is -0.308. The molecule has 166 valence electrons. The van der Waals surface area contributed by atoms with Crippen LogP contribution in [0.4, 0.5) is 0 Å². The maximum Gasteiger partial charge on any atom is 0.338 e. The average Bonchev–Trinajstić information content (AvgIpc) is 2.83. The van der Waals surface area contributed by atoms with Gasteiger partial charge in [-0.15, -0.1) is 0 Å². The topological polar surface area (TPSA) is 90.0 Å². The van der Waals surface area contributed by atoms with E-state index in [2.05, 4.69) is 0 Å². The third-order valence-electron chi connectivity index (χ3n) is 4.77. The maximum atomic E-state index is 13.2. The van der Waals surface area contributed by atoms with Crippen molar-refractivity contribution in [2.75, 3.05) is 20.8 Å². The number of methoxy groups -OCH3 is 1. The number of benzene rings is 3. The fraction of sp³-hybridized carbons (Fsp3) is 0.167. The van der Waals surface area contributed by atoms with E-state index in [1.807, 2.05) is 30.3 Å². The molecule has 0 radical (unpaired) electrons. The summed E-state index contributed by atoms with van der Waals surface area (Å²) in [6, 6.07) is 21.6. The number of hydrogen-bond donors (Lipinski definition) is 0. The second-order valence-corrected chi connectivity index (χ2v) is 8.99. The number of hydrogen-bond acceptors (Lipinski definition) is 6. The minimum Gasteiger partial charge on any atom is -0.495 e. The molecular formula is C24H23NO6S. The Hall–Kier alpha value is -3.49. The molecule has 3 aromatic rings. The van der Waals surface area contributed by atoms with Crippen LogP contribution >= 0.6 is 0 Å². The monoisotopic (exact) mass is 453 g/mol. The molecule has 0 aliphatic heterocycles. The lowest BCUT2D eigenvalue weighted by molar-refractivity contribution is 0.0474. The van der Waals surface area contributed by atoms with Gasteiger partial charge < -0.3 is 9.47 Å². The highest BCUT2D eigenvalue weighted by Gasteiger charge is 2.27. The van der Waals surface area contributed by atoms with Crippen molar-refractivity contribution in [1.82, 2.24) is 4.31 Å². The van der Waals surface area contributed by atoms with Crippen LogP contribution in [0, 0.1) is 0 Å². The number of nitrogens with zero attached hydrogens (tertiary/aromatic N) is 1. The highest BCUT2D eigenvalue weighted by Crippen LogP contribution is 2.28. The summed E-state index contributed by atoms with van der Waals surface area (Å²) in [5.41, 5.74) is 1.23. The lowest BCUT2D eigenvalue weighted by atomic mass is 10.1. The van der Waals surface area contributed by atoms with Gasteiger partial charge in [-0.3, -0.25) is 4.79 Å². The minimum absolute atomic E-state index is 0.00153. The normalized spacial score (nSPS) is 11.2. The summed E-state index contributed by atoms with van der Waals surface area (Å²) < 4.78 is 37.9. The number of ketones is 1. The van der Waals surface area contributed by atoms with Crippen LogP contribution in [0.15, 0.2) is 83.8 Å². The predicted molar refractivity (Wildman–Crippen MR) is 119 cm³/mol. The largest absolute Gasteiger partial charge is 0.495 e. The first-order valence-corrected chi connectivity index (χ1v) is 11.2. The van der Waals surface area contributed by atoms with Gasteiger partial charge in [-0.1, -0.05) is 60.7 Å². The third-order valence-corrected chi connectivity index (χ3v) is 6.59. The van der Waals surface area contributed by atoms with Crippen LogP contribution in [0.1, 0.15) is 26.3 Å². The van der Waals surface area contributed by atoms with Gasteiger partial charge in [0, 0.05) is 19.2 Å². The summed E-state index contributed by atoms with van der Waals surface area (Å²) in [5, 5.41) is 0. The number of Topliss-reactive ketones (excluding diaryl/α,β-unsaturated/α-hetero) is 1. The van der Waals surface area contributed by atoms with Gasteiger partial charge in [0.2, 0.25) is 10.0 Å². The zero-order valence-electron chi connectivity index (χ0n) is 17.7. The number of carbonyl (C=O) groups is 2. The molecule has 8 heteroatoms. The second-order valence-electron chi connectivity index (χ2n) is 6.98. The molecule has 0 aromatic heterocycles. The molecule has 0 amide bonds. The first-order valence-electron chi connectivity index (χ1n) is 9.76. The van der Waals surface area contributed by atoms with Crippen molar-refractivity contribution >= 4 is 21.8 Å². The van der Waals surface area contributed by atoms with Crippen LogP contribution in [0.5, 0.6) is 5.75 Å². The maximum absolute atomic E-state index is 13.2. The highest BCUT2D eigenvalue weighted by atomic mass is 32.2. The molecule has 32 heavy (non-hydrogen) atoms. The van der Waals surface area contributed by atoms with Gasteiger partial charge >= 0.3 is 5.97 Å². The van der Waals surface area contributed by atoms with E-state index in [0.29, 0.717) is 5.56 Å². The molecule has 0 heterocycles. The van der Waals surface area contributed by atoms with Crippen molar-refractivity contribution in [1.29, 1.82) is 0 Å². The zero-order chi connectivity index (χ0) is 23.1. The Morgan fingerprint density at radius 3 is 2.12 bits per heavy atom. The molecule has 0 atom stereocenters. The number of rotatable bonds is 9. The molecule has 0 saturated heterocycles. The molecule has 0 bridgehead atoms. The number of carbonyl (C=O) groups excluding carboxylic acids is 2. The molecule has 0 unspecified atom stereocenters. The van der Waals surface area contributed by atoms with E-state index >= 15 is 0 Å². The molecule has 0 saturated carbocycles. The molecule has 3 rings (SSSR count). The van der Waals surface area contributed by atoms with Crippen molar-refractivity contribution in [3.8, 4) is 5.75 Å². The summed E-state index contributed by atoms with van der Waals surface area (Å²) in [5.74, 6) is -1.07. The smallest absolute Gasteiger partial charge is 0.338 e. The van der Waals surface area contributed by atoms with Gasteiger partial charge in [-0.25, -0.2) is 13.2 Å². The summed E-state index contributed by atoms with van der Waals surface area (Å²) >= 11 is 0. The predicted octanol–water partition coefficient (Wildman–Crippen LogP) is 3.56. The fourth-order valence-electron chi connectivity index (χ4n) is 3.02. The third kappa shape index (κ3) is 5.40. The van der Waals surface area contributed by atoms with Crippen LogP contribution in [0.25, 0.3) is 0 Å². The summed E-state index contributed by atoms with van der Waals surface area (Å²) in [6.07, 6.45) is 0. The van der Waals surface area contributed by atoms with Crippen LogP contribution in [-0.4, -0.2) is 45.2 Å². The molecule has 0 N–H and O–H groups in total. The second kappa shape index (κ2) is 10.2. The Morgan fingerprint density at radius 2 is 1.50 bits per heavy atom. The van der Waals surface area contributed by atoms with Gasteiger partial charge in [-0.2, -0.15) is 4.31 Å². The Kier molecular flexibility index (Phi) is 7.40. The standard InChI is InChI=1S/C24H23NO6S/c1-25(16-18-9-5-3-6-10-18)32(28,29)23-15-20(13-14-22(23)30-2)24(27)31-17-21(26)19-11-7-4-8-12-19/h3-15H,16-17H2,1-2H3. The van der Waals surface area contributed by atoms with Crippen molar-refractivity contribution in [3.05, 3.63) is 95.6 Å². The Morgan fingerprint density at radius 1 is 0.875 bits per heavy atom. The highest BCUT2D eigenvalue weighted by molar-refractivity contribution is 7.89. The van der Waals surface area contributed by atoms with E-state index in [1.165, 1.54) is 36.7 Å². The quantitative estimate of drug-likeness (QED) is 0.364. The van der Waals surface area contributed by atoms with E-state index < -0.39 is 22.6 Å². The molecular weight excluding hydrogens is 430 g/mol. The van der Waals surface area contributed by atoms with Crippen molar-refractivity contribution < 1.29 is 27.5 Å². The summed E-state index contributed by atoms with van der Waals surface area (Å²) in [4.78, 5) is 24.5. The average molecular weight is 454 g/mol. The van der Waals surface area contributed by atoms with Gasteiger partial charge in [0.05, 0.1) is 12.7 Å². The first-order chi connectivity index (χ1) is 15.3. The number of sulfonamides is 1. The van der Waals surface area contributed by atoms with Crippen molar-refractivity contribution in [2.45, 2.75) is 11.4 Å². The molecule has 0 aliphatic carbocycles. The van der Waals surface area contributed by atoms with E-state index in [0.717, 1.165) is 5.56 Å². The SMILES string of the molecule is COc1ccc(C(=O)OCC(=O)c2ccccc2)cc1S(=O)(=O)N(C)Cc1ccccc1. The Bertz CT molecular complexity index is 1190. The van der Waals surface area contributed by atoms with E-state index in [9.17, 15) is 18.0 Å². The molecule has 0 aliphatic rings. The zero-order valence-corrected chi connectivity index (χ0v) is 18.5. The van der Waals surface area contributed by atoms with Crippen LogP contribution < -0.4 is 4.74 Å². The first kappa shape index (κ1) is 23.2. The van der Waals surface area contributed by atoms with Gasteiger partial charge in [0.25, 0.3) is 0 Å². The minimum atomic E-state index is -3.98. The summed E-state index contributed by atoms with van der Waals surface area (Å²) in [7, 11) is -1.18.